The lowest BCUT2D eigenvalue weighted by Gasteiger charge is -2.11. The van der Waals surface area contributed by atoms with Gasteiger partial charge in [0.15, 0.2) is 5.69 Å². The highest BCUT2D eigenvalue weighted by Crippen LogP contribution is 2.14. The Morgan fingerprint density at radius 2 is 2.20 bits per heavy atom. The van der Waals surface area contributed by atoms with Gasteiger partial charge in [0.1, 0.15) is 5.65 Å². The average Bonchev–Trinajstić information content (AvgIpc) is 2.77. The fraction of sp³-hybridized carbons (Fsp3) is 0.467. The highest BCUT2D eigenvalue weighted by atomic mass is 16.1. The molecule has 0 saturated carbocycles. The summed E-state index contributed by atoms with van der Waals surface area (Å²) in [7, 11) is 3.97. The van der Waals surface area contributed by atoms with Gasteiger partial charge >= 0.3 is 0 Å². The Hall–Kier alpha value is -1.88. The number of hydrogen-bond donors (Lipinski definition) is 1. The first-order valence-corrected chi connectivity index (χ1v) is 7.02. The number of imidazole rings is 1. The summed E-state index contributed by atoms with van der Waals surface area (Å²) < 4.78 is 1.98. The number of nitrogens with one attached hydrogen (secondary N) is 1. The van der Waals surface area contributed by atoms with E-state index in [9.17, 15) is 4.79 Å². The number of aromatic nitrogens is 2. The SMILES string of the molecule is CCCCNC(=O)c1nc2ccccn2c1CN(C)C. The minimum Gasteiger partial charge on any atom is -0.351 e. The summed E-state index contributed by atoms with van der Waals surface area (Å²) in [5.41, 5.74) is 2.27. The molecule has 2 aromatic rings. The van der Waals surface area contributed by atoms with Gasteiger partial charge in [0.05, 0.1) is 5.69 Å². The second kappa shape index (κ2) is 6.52. The molecule has 5 heteroatoms. The van der Waals surface area contributed by atoms with E-state index in [1.54, 1.807) is 0 Å². The highest BCUT2D eigenvalue weighted by Gasteiger charge is 2.18. The van der Waals surface area contributed by atoms with E-state index < -0.39 is 0 Å². The third kappa shape index (κ3) is 3.17. The molecule has 0 bridgehead atoms. The van der Waals surface area contributed by atoms with E-state index in [2.05, 4.69) is 17.2 Å². The van der Waals surface area contributed by atoms with Gasteiger partial charge in [-0.3, -0.25) is 4.79 Å². The van der Waals surface area contributed by atoms with Crippen molar-refractivity contribution in [3.8, 4) is 0 Å². The zero-order valence-electron chi connectivity index (χ0n) is 12.4. The monoisotopic (exact) mass is 274 g/mol. The average molecular weight is 274 g/mol. The predicted molar refractivity (Wildman–Crippen MR) is 79.8 cm³/mol. The summed E-state index contributed by atoms with van der Waals surface area (Å²) in [5, 5.41) is 2.94. The summed E-state index contributed by atoms with van der Waals surface area (Å²) in [4.78, 5) is 18.8. The number of carbonyl (C=O) groups is 1. The fourth-order valence-electron chi connectivity index (χ4n) is 2.14. The van der Waals surface area contributed by atoms with Crippen LogP contribution in [-0.4, -0.2) is 40.8 Å². The number of amides is 1. The van der Waals surface area contributed by atoms with Crippen molar-refractivity contribution >= 4 is 11.6 Å². The predicted octanol–water partition coefficient (Wildman–Crippen LogP) is 1.93. The van der Waals surface area contributed by atoms with E-state index >= 15 is 0 Å². The Labute approximate surface area is 119 Å². The smallest absolute Gasteiger partial charge is 0.271 e. The van der Waals surface area contributed by atoms with Gasteiger partial charge in [-0.1, -0.05) is 19.4 Å². The summed E-state index contributed by atoms with van der Waals surface area (Å²) >= 11 is 0. The molecule has 0 unspecified atom stereocenters. The second-order valence-corrected chi connectivity index (χ2v) is 5.18. The first-order valence-electron chi connectivity index (χ1n) is 7.02. The molecule has 0 atom stereocenters. The maximum absolute atomic E-state index is 12.3. The number of hydrogen-bond acceptors (Lipinski definition) is 3. The molecule has 1 amide bonds. The molecule has 0 aliphatic heterocycles. The Kier molecular flexibility index (Phi) is 4.74. The molecule has 20 heavy (non-hydrogen) atoms. The first kappa shape index (κ1) is 14.5. The van der Waals surface area contributed by atoms with Gasteiger partial charge in [0.2, 0.25) is 0 Å². The van der Waals surface area contributed by atoms with E-state index in [0.29, 0.717) is 18.8 Å². The standard InChI is InChI=1S/C15H22N4O/c1-4-5-9-16-15(20)14-12(11-18(2)3)19-10-7-6-8-13(19)17-14/h6-8,10H,4-5,9,11H2,1-3H3,(H,16,20). The van der Waals surface area contributed by atoms with Gasteiger partial charge in [-0.05, 0) is 32.6 Å². The van der Waals surface area contributed by atoms with E-state index in [1.807, 2.05) is 47.8 Å². The van der Waals surface area contributed by atoms with E-state index in [1.165, 1.54) is 0 Å². The van der Waals surface area contributed by atoms with Crippen LogP contribution in [0.25, 0.3) is 5.65 Å². The summed E-state index contributed by atoms with van der Waals surface area (Å²) in [6.45, 7) is 3.49. The van der Waals surface area contributed by atoms with Crippen LogP contribution >= 0.6 is 0 Å². The first-order chi connectivity index (χ1) is 9.63. The lowest BCUT2D eigenvalue weighted by Crippen LogP contribution is -2.27. The van der Waals surface area contributed by atoms with E-state index in [0.717, 1.165) is 24.2 Å². The molecule has 0 aromatic carbocycles. The molecule has 2 heterocycles. The number of rotatable bonds is 6. The fourth-order valence-corrected chi connectivity index (χ4v) is 2.14. The zero-order valence-corrected chi connectivity index (χ0v) is 12.4. The largest absolute Gasteiger partial charge is 0.351 e. The number of carbonyl (C=O) groups excluding carboxylic acids is 1. The Morgan fingerprint density at radius 1 is 1.40 bits per heavy atom. The lowest BCUT2D eigenvalue weighted by atomic mass is 10.2. The van der Waals surface area contributed by atoms with Crippen LogP contribution in [0.4, 0.5) is 0 Å². The minimum absolute atomic E-state index is 0.0843. The molecule has 0 saturated heterocycles. The molecule has 1 N–H and O–H groups in total. The molecule has 0 aliphatic carbocycles. The zero-order chi connectivity index (χ0) is 14.5. The van der Waals surface area contributed by atoms with Crippen LogP contribution in [0.3, 0.4) is 0 Å². The Morgan fingerprint density at radius 3 is 2.90 bits per heavy atom. The van der Waals surface area contributed by atoms with Gasteiger partial charge in [0, 0.05) is 19.3 Å². The van der Waals surface area contributed by atoms with E-state index in [-0.39, 0.29) is 5.91 Å². The van der Waals surface area contributed by atoms with Crippen LogP contribution in [-0.2, 0) is 6.54 Å². The van der Waals surface area contributed by atoms with Crippen molar-refractivity contribution in [2.24, 2.45) is 0 Å². The summed E-state index contributed by atoms with van der Waals surface area (Å²) in [6.07, 6.45) is 4.00. The van der Waals surface area contributed by atoms with Crippen LogP contribution in [0, 0.1) is 0 Å². The van der Waals surface area contributed by atoms with Crippen LogP contribution in [0.5, 0.6) is 0 Å². The maximum Gasteiger partial charge on any atom is 0.271 e. The van der Waals surface area contributed by atoms with Crippen LogP contribution < -0.4 is 5.32 Å². The quantitative estimate of drug-likeness (QED) is 0.819. The molecule has 2 rings (SSSR count). The van der Waals surface area contributed by atoms with E-state index in [4.69, 9.17) is 0 Å². The van der Waals surface area contributed by atoms with Crippen molar-refractivity contribution in [3.63, 3.8) is 0 Å². The lowest BCUT2D eigenvalue weighted by molar-refractivity contribution is 0.0947. The third-order valence-electron chi connectivity index (χ3n) is 3.13. The maximum atomic E-state index is 12.3. The topological polar surface area (TPSA) is 49.6 Å². The van der Waals surface area contributed by atoms with Crippen molar-refractivity contribution in [1.82, 2.24) is 19.6 Å². The van der Waals surface area contributed by atoms with Gasteiger partial charge in [-0.15, -0.1) is 0 Å². The molecule has 0 spiro atoms. The molecule has 0 fully saturated rings. The van der Waals surface area contributed by atoms with Crippen LogP contribution in [0.15, 0.2) is 24.4 Å². The van der Waals surface area contributed by atoms with Gasteiger partial charge < -0.3 is 14.6 Å². The Bertz CT molecular complexity index is 589. The summed E-state index contributed by atoms with van der Waals surface area (Å²) in [5.74, 6) is -0.0843. The number of unbranched alkanes of at least 4 members (excludes halogenated alkanes) is 1. The number of pyridine rings is 1. The van der Waals surface area contributed by atoms with Crippen molar-refractivity contribution in [1.29, 1.82) is 0 Å². The number of nitrogens with zero attached hydrogens (tertiary/aromatic N) is 3. The van der Waals surface area contributed by atoms with Crippen molar-refractivity contribution in [3.05, 3.63) is 35.8 Å². The molecular weight excluding hydrogens is 252 g/mol. The number of fused-ring (bicyclic) bond motifs is 1. The van der Waals surface area contributed by atoms with Crippen LogP contribution in [0.2, 0.25) is 0 Å². The second-order valence-electron chi connectivity index (χ2n) is 5.18. The summed E-state index contributed by atoms with van der Waals surface area (Å²) in [6, 6.07) is 5.80. The minimum atomic E-state index is -0.0843. The van der Waals surface area contributed by atoms with Crippen molar-refractivity contribution in [2.75, 3.05) is 20.6 Å². The van der Waals surface area contributed by atoms with Crippen molar-refractivity contribution in [2.45, 2.75) is 26.3 Å². The normalized spacial score (nSPS) is 11.2. The molecule has 2 aromatic heterocycles. The Balaban J connectivity index is 2.33. The van der Waals surface area contributed by atoms with Gasteiger partial charge in [-0.2, -0.15) is 0 Å². The van der Waals surface area contributed by atoms with Gasteiger partial charge in [-0.25, -0.2) is 4.98 Å². The van der Waals surface area contributed by atoms with Crippen molar-refractivity contribution < 1.29 is 4.79 Å². The molecular formula is C15H22N4O. The molecule has 5 nitrogen and oxygen atoms in total. The van der Waals surface area contributed by atoms with Gasteiger partial charge in [0.25, 0.3) is 5.91 Å². The molecule has 0 aliphatic rings. The third-order valence-corrected chi connectivity index (χ3v) is 3.13. The molecule has 0 radical (unpaired) electrons. The highest BCUT2D eigenvalue weighted by molar-refractivity contribution is 5.94. The van der Waals surface area contributed by atoms with Crippen LogP contribution in [0.1, 0.15) is 35.9 Å². The molecule has 108 valence electrons.